The second-order valence-corrected chi connectivity index (χ2v) is 3.22. The molecule has 0 radical (unpaired) electrons. The maximum atomic E-state index is 3.03. The van der Waals surface area contributed by atoms with Gasteiger partial charge in [-0.2, -0.15) is 0 Å². The van der Waals surface area contributed by atoms with Gasteiger partial charge in [-0.1, -0.05) is 51.0 Å². The number of hydrogen-bond acceptors (Lipinski definition) is 0. The monoisotopic (exact) mass is 188 g/mol. The van der Waals surface area contributed by atoms with E-state index in [1.165, 1.54) is 25.7 Å². The van der Waals surface area contributed by atoms with Gasteiger partial charge in [0.2, 0.25) is 0 Å². The Morgan fingerprint density at radius 3 is 2.50 bits per heavy atom. The lowest BCUT2D eigenvalue weighted by molar-refractivity contribution is 0.815. The molecule has 0 nitrogen and oxygen atoms in total. The van der Waals surface area contributed by atoms with Crippen molar-refractivity contribution in [2.75, 3.05) is 0 Å². The van der Waals surface area contributed by atoms with Crippen LogP contribution in [-0.2, 0) is 0 Å². The molecule has 0 rings (SSSR count). The Balaban J connectivity index is 3.49. The van der Waals surface area contributed by atoms with Crippen LogP contribution < -0.4 is 0 Å². The molecule has 0 bridgehead atoms. The highest BCUT2D eigenvalue weighted by Gasteiger charge is 1.75. The third-order valence-corrected chi connectivity index (χ3v) is 1.80. The third kappa shape index (κ3) is 10.9. The highest BCUT2D eigenvalue weighted by Crippen LogP contribution is 1.93. The number of hydrogen-bond donors (Lipinski definition) is 0. The molecule has 76 valence electrons. The van der Waals surface area contributed by atoms with E-state index in [9.17, 15) is 0 Å². The molecule has 0 spiro atoms. The summed E-state index contributed by atoms with van der Waals surface area (Å²) in [6, 6.07) is 0. The second kappa shape index (κ2) is 11.9. The zero-order valence-electron chi connectivity index (χ0n) is 9.40. The van der Waals surface area contributed by atoms with Crippen molar-refractivity contribution >= 4 is 0 Å². The average Bonchev–Trinajstić information content (AvgIpc) is 2.21. The summed E-state index contributed by atoms with van der Waals surface area (Å²) in [6.07, 6.45) is 11.0. The third-order valence-electron chi connectivity index (χ3n) is 1.80. The molecule has 0 N–H and O–H groups in total. The number of allylic oxidation sites excluding steroid dienone is 2. The van der Waals surface area contributed by atoms with E-state index in [-0.39, 0.29) is 0 Å². The molecule has 0 fully saturated rings. The van der Waals surface area contributed by atoms with E-state index in [1.807, 2.05) is 6.08 Å². The van der Waals surface area contributed by atoms with Crippen LogP contribution in [0.1, 0.15) is 52.4 Å². The fourth-order valence-electron chi connectivity index (χ4n) is 0.914. The lowest BCUT2D eigenvalue weighted by Gasteiger charge is -1.83. The number of unbranched alkanes of at least 4 members (excludes halogenated alkanes) is 4. The average molecular weight is 188 g/mol. The summed E-state index contributed by atoms with van der Waals surface area (Å²) in [4.78, 5) is 0. The van der Waals surface area contributed by atoms with E-state index in [0.717, 1.165) is 12.8 Å². The van der Waals surface area contributed by atoms with E-state index in [1.54, 1.807) is 0 Å². The van der Waals surface area contributed by atoms with Gasteiger partial charge >= 0.3 is 0 Å². The lowest BCUT2D eigenvalue weighted by Crippen LogP contribution is -1.66. The quantitative estimate of drug-likeness (QED) is 0.453. The van der Waals surface area contributed by atoms with Crippen LogP contribution in [-0.4, -0.2) is 0 Å². The lowest BCUT2D eigenvalue weighted by atomic mass is 10.2. The van der Waals surface area contributed by atoms with Gasteiger partial charge in [0.05, 0.1) is 0 Å². The van der Waals surface area contributed by atoms with E-state index >= 15 is 0 Å². The highest BCUT2D eigenvalue weighted by molar-refractivity contribution is 5.30. The summed E-state index contributed by atoms with van der Waals surface area (Å²) < 4.78 is 0. The molecular weight excluding hydrogens is 168 g/mol. The first-order chi connectivity index (χ1) is 6.91. The second-order valence-electron chi connectivity index (χ2n) is 3.22. The van der Waals surface area contributed by atoms with Crippen molar-refractivity contribution in [3.63, 3.8) is 0 Å². The SMILES string of the molecule is CCCCC#CC#C/C=C\CCCC. The smallest absolute Gasteiger partial charge is 0.00988 e. The van der Waals surface area contributed by atoms with Gasteiger partial charge < -0.3 is 0 Å². The van der Waals surface area contributed by atoms with Crippen LogP contribution in [0.4, 0.5) is 0 Å². The topological polar surface area (TPSA) is 0 Å². The van der Waals surface area contributed by atoms with Gasteiger partial charge in [0.15, 0.2) is 0 Å². The zero-order valence-corrected chi connectivity index (χ0v) is 9.40. The minimum Gasteiger partial charge on any atom is -0.0891 e. The number of rotatable bonds is 5. The van der Waals surface area contributed by atoms with Crippen LogP contribution >= 0.6 is 0 Å². The molecule has 0 aliphatic heterocycles. The highest BCUT2D eigenvalue weighted by atomic mass is 13.8. The van der Waals surface area contributed by atoms with Crippen LogP contribution in [0.3, 0.4) is 0 Å². The predicted octanol–water partition coefficient (Wildman–Crippen LogP) is 3.93. The molecule has 0 aromatic rings. The van der Waals surface area contributed by atoms with Gasteiger partial charge in [-0.3, -0.25) is 0 Å². The Morgan fingerprint density at radius 1 is 1.00 bits per heavy atom. The van der Waals surface area contributed by atoms with Crippen molar-refractivity contribution in [2.24, 2.45) is 0 Å². The van der Waals surface area contributed by atoms with Gasteiger partial charge in [-0.05, 0) is 30.8 Å². The molecule has 14 heavy (non-hydrogen) atoms. The Morgan fingerprint density at radius 2 is 1.79 bits per heavy atom. The van der Waals surface area contributed by atoms with Crippen molar-refractivity contribution in [3.8, 4) is 23.7 Å². The van der Waals surface area contributed by atoms with Crippen molar-refractivity contribution in [3.05, 3.63) is 12.2 Å². The molecule has 0 aliphatic carbocycles. The van der Waals surface area contributed by atoms with Crippen molar-refractivity contribution in [2.45, 2.75) is 52.4 Å². The Labute approximate surface area is 88.8 Å². The van der Waals surface area contributed by atoms with Crippen molar-refractivity contribution in [1.29, 1.82) is 0 Å². The summed E-state index contributed by atoms with van der Waals surface area (Å²) >= 11 is 0. The first kappa shape index (κ1) is 12.9. The van der Waals surface area contributed by atoms with Crippen LogP contribution in [0.2, 0.25) is 0 Å². The summed E-state index contributed by atoms with van der Waals surface area (Å²) in [6.45, 7) is 4.36. The van der Waals surface area contributed by atoms with E-state index in [4.69, 9.17) is 0 Å². The van der Waals surface area contributed by atoms with Crippen LogP contribution in [0, 0.1) is 23.7 Å². The van der Waals surface area contributed by atoms with E-state index in [2.05, 4.69) is 43.6 Å². The first-order valence-corrected chi connectivity index (χ1v) is 5.55. The molecule has 0 aromatic heterocycles. The van der Waals surface area contributed by atoms with Gasteiger partial charge in [-0.25, -0.2) is 0 Å². The van der Waals surface area contributed by atoms with Crippen molar-refractivity contribution in [1.82, 2.24) is 0 Å². The molecule has 0 heterocycles. The van der Waals surface area contributed by atoms with Crippen molar-refractivity contribution < 1.29 is 0 Å². The molecule has 0 amide bonds. The predicted molar refractivity (Wildman–Crippen MR) is 63.7 cm³/mol. The largest absolute Gasteiger partial charge is 0.0891 e. The molecule has 0 saturated heterocycles. The molecule has 0 heteroatoms. The summed E-state index contributed by atoms with van der Waals surface area (Å²) in [5.41, 5.74) is 0. The maximum absolute atomic E-state index is 3.03. The van der Waals surface area contributed by atoms with Gasteiger partial charge in [0.25, 0.3) is 0 Å². The van der Waals surface area contributed by atoms with E-state index < -0.39 is 0 Å². The van der Waals surface area contributed by atoms with Gasteiger partial charge in [-0.15, -0.1) is 0 Å². The molecule has 0 aliphatic rings. The Kier molecular flexibility index (Phi) is 10.9. The minimum absolute atomic E-state index is 0.977. The van der Waals surface area contributed by atoms with E-state index in [0.29, 0.717) is 0 Å². The minimum atomic E-state index is 0.977. The molecule has 0 atom stereocenters. The van der Waals surface area contributed by atoms with Gasteiger partial charge in [0.1, 0.15) is 0 Å². The maximum Gasteiger partial charge on any atom is 0.00988 e. The fourth-order valence-corrected chi connectivity index (χ4v) is 0.914. The summed E-state index contributed by atoms with van der Waals surface area (Å²) in [5.74, 6) is 11.6. The molecular formula is C14H20. The van der Waals surface area contributed by atoms with Crippen LogP contribution in [0.25, 0.3) is 0 Å². The summed E-state index contributed by atoms with van der Waals surface area (Å²) in [5, 5.41) is 0. The van der Waals surface area contributed by atoms with Crippen LogP contribution in [0.5, 0.6) is 0 Å². The Hall–Kier alpha value is -1.14. The normalized spacial score (nSPS) is 9.00. The zero-order chi connectivity index (χ0) is 10.5. The molecule has 0 unspecified atom stereocenters. The van der Waals surface area contributed by atoms with Gasteiger partial charge in [0, 0.05) is 6.42 Å². The summed E-state index contributed by atoms with van der Waals surface area (Å²) in [7, 11) is 0. The fraction of sp³-hybridized carbons (Fsp3) is 0.571. The molecule has 0 aromatic carbocycles. The van der Waals surface area contributed by atoms with Crippen LogP contribution in [0.15, 0.2) is 12.2 Å². The first-order valence-electron chi connectivity index (χ1n) is 5.55. The standard InChI is InChI=1S/C14H20/c1-3-5-7-9-11-13-14-12-10-8-6-4-2/h9,11H,3-8H2,1-2H3/b11-9-. The Bertz CT molecular complexity index is 249. The molecule has 0 saturated carbocycles.